The fourth-order valence-electron chi connectivity index (χ4n) is 3.91. The molecule has 0 radical (unpaired) electrons. The lowest BCUT2D eigenvalue weighted by molar-refractivity contribution is -0.119. The van der Waals surface area contributed by atoms with Crippen LogP contribution in [0.5, 0.6) is 0 Å². The number of rotatable bonds is 4. The van der Waals surface area contributed by atoms with Crippen molar-refractivity contribution in [2.45, 2.75) is 19.3 Å². The number of benzene rings is 1. The average molecular weight is 471 g/mol. The van der Waals surface area contributed by atoms with Crippen molar-refractivity contribution in [2.24, 2.45) is 10.4 Å². The molecule has 26 heavy (non-hydrogen) atoms. The van der Waals surface area contributed by atoms with E-state index in [1.54, 1.807) is 0 Å². The summed E-state index contributed by atoms with van der Waals surface area (Å²) in [6, 6.07) is 10.4. The van der Waals surface area contributed by atoms with E-state index in [1.165, 1.54) is 5.69 Å². The van der Waals surface area contributed by atoms with Gasteiger partial charge in [-0.15, -0.1) is 24.0 Å². The molecule has 2 N–H and O–H groups in total. The first-order valence-corrected chi connectivity index (χ1v) is 9.10. The molecule has 0 bridgehead atoms. The predicted octanol–water partition coefficient (Wildman–Crippen LogP) is 1.92. The summed E-state index contributed by atoms with van der Waals surface area (Å²) in [5, 5.41) is 6.49. The molecule has 2 aliphatic heterocycles. The second-order valence-corrected chi connectivity index (χ2v) is 7.21. The van der Waals surface area contributed by atoms with Crippen LogP contribution in [-0.2, 0) is 4.79 Å². The van der Waals surface area contributed by atoms with Crippen LogP contribution in [0.15, 0.2) is 35.3 Å². The van der Waals surface area contributed by atoms with Crippen LogP contribution in [0.1, 0.15) is 19.3 Å². The summed E-state index contributed by atoms with van der Waals surface area (Å²) in [6.45, 7) is 4.45. The third-order valence-corrected chi connectivity index (χ3v) is 5.30. The van der Waals surface area contributed by atoms with E-state index in [1.807, 2.05) is 13.1 Å². The summed E-state index contributed by atoms with van der Waals surface area (Å²) >= 11 is 0. The van der Waals surface area contributed by atoms with Crippen molar-refractivity contribution in [2.75, 3.05) is 51.7 Å². The number of para-hydroxylation sites is 1. The van der Waals surface area contributed by atoms with Gasteiger partial charge in [-0.3, -0.25) is 9.79 Å². The maximum Gasteiger partial charge on any atom is 0.220 e. The molecule has 1 aromatic rings. The minimum absolute atomic E-state index is 0. The number of halogens is 1. The number of amides is 1. The summed E-state index contributed by atoms with van der Waals surface area (Å²) in [5.41, 5.74) is 1.31. The molecule has 3 rings (SSSR count). The van der Waals surface area contributed by atoms with Crippen LogP contribution in [-0.4, -0.2) is 63.6 Å². The zero-order chi connectivity index (χ0) is 17.7. The quantitative estimate of drug-likeness (QED) is 0.401. The largest absolute Gasteiger partial charge is 0.373 e. The molecule has 0 saturated carbocycles. The van der Waals surface area contributed by atoms with E-state index in [0.717, 1.165) is 51.5 Å². The van der Waals surface area contributed by atoms with E-state index in [9.17, 15) is 4.79 Å². The minimum atomic E-state index is 0. The molecule has 1 amide bonds. The zero-order valence-corrected chi connectivity index (χ0v) is 18.0. The number of guanidine groups is 1. The maximum atomic E-state index is 11.7. The fourth-order valence-corrected chi connectivity index (χ4v) is 3.91. The summed E-state index contributed by atoms with van der Waals surface area (Å²) < 4.78 is 0. The number of hydrogen-bond donors (Lipinski definition) is 2. The number of carbonyl (C=O) groups excluding carboxylic acids is 1. The highest BCUT2D eigenvalue weighted by Crippen LogP contribution is 2.35. The molecule has 2 fully saturated rings. The summed E-state index contributed by atoms with van der Waals surface area (Å²) in [6.07, 6.45) is 2.88. The molecule has 2 saturated heterocycles. The van der Waals surface area contributed by atoms with Crippen LogP contribution < -0.4 is 15.5 Å². The molecular weight excluding hydrogens is 441 g/mol. The monoisotopic (exact) mass is 471 g/mol. The molecule has 6 nitrogen and oxygen atoms in total. The second-order valence-electron chi connectivity index (χ2n) is 7.21. The van der Waals surface area contributed by atoms with Gasteiger partial charge in [0.1, 0.15) is 0 Å². The standard InChI is InChI=1S/C19H29N5O.HI/c1-20-18(21-10-12-23(2)16-7-4-3-5-8-16)24-11-6-9-19(15-24)13-17(25)22-14-19;/h3-5,7-8H,6,9-15H2,1-2H3,(H,20,21)(H,22,25);1H. The lowest BCUT2D eigenvalue weighted by atomic mass is 9.79. The molecule has 1 spiro atoms. The van der Waals surface area contributed by atoms with Crippen molar-refractivity contribution in [1.82, 2.24) is 15.5 Å². The lowest BCUT2D eigenvalue weighted by Crippen LogP contribution is -2.52. The Morgan fingerprint density at radius 1 is 1.38 bits per heavy atom. The SMILES string of the molecule is CN=C(NCCN(C)c1ccccc1)N1CCCC2(CNC(=O)C2)C1.I. The number of hydrogen-bond acceptors (Lipinski definition) is 3. The van der Waals surface area contributed by atoms with Gasteiger partial charge in [0.25, 0.3) is 0 Å². The van der Waals surface area contributed by atoms with Gasteiger partial charge < -0.3 is 20.4 Å². The van der Waals surface area contributed by atoms with Crippen LogP contribution in [0.2, 0.25) is 0 Å². The van der Waals surface area contributed by atoms with Crippen LogP contribution in [0.25, 0.3) is 0 Å². The molecule has 2 heterocycles. The first kappa shape index (κ1) is 20.8. The van der Waals surface area contributed by atoms with Crippen molar-refractivity contribution in [1.29, 1.82) is 0 Å². The van der Waals surface area contributed by atoms with Gasteiger partial charge in [-0.05, 0) is 25.0 Å². The highest BCUT2D eigenvalue weighted by atomic mass is 127. The van der Waals surface area contributed by atoms with E-state index in [2.05, 4.69) is 56.7 Å². The normalized spacial score (nSPS) is 22.8. The van der Waals surface area contributed by atoms with Gasteiger partial charge in [-0.2, -0.15) is 0 Å². The Morgan fingerprint density at radius 3 is 2.81 bits per heavy atom. The number of aliphatic imine (C=N–C) groups is 1. The third-order valence-electron chi connectivity index (χ3n) is 5.30. The maximum absolute atomic E-state index is 11.7. The van der Waals surface area contributed by atoms with Crippen LogP contribution >= 0.6 is 24.0 Å². The minimum Gasteiger partial charge on any atom is -0.373 e. The summed E-state index contributed by atoms with van der Waals surface area (Å²) in [4.78, 5) is 20.7. The Bertz CT molecular complexity index is 624. The molecular formula is C19H30IN5O. The smallest absolute Gasteiger partial charge is 0.220 e. The Hall–Kier alpha value is -1.51. The topological polar surface area (TPSA) is 60.0 Å². The zero-order valence-electron chi connectivity index (χ0n) is 15.7. The number of piperidine rings is 1. The van der Waals surface area contributed by atoms with E-state index in [0.29, 0.717) is 6.42 Å². The summed E-state index contributed by atoms with van der Waals surface area (Å²) in [5.74, 6) is 1.13. The first-order chi connectivity index (χ1) is 12.1. The average Bonchev–Trinajstić information content (AvgIpc) is 2.99. The highest BCUT2D eigenvalue weighted by Gasteiger charge is 2.42. The molecule has 1 unspecified atom stereocenters. The first-order valence-electron chi connectivity index (χ1n) is 9.10. The van der Waals surface area contributed by atoms with Crippen molar-refractivity contribution < 1.29 is 4.79 Å². The van der Waals surface area contributed by atoms with E-state index in [4.69, 9.17) is 0 Å². The lowest BCUT2D eigenvalue weighted by Gasteiger charge is -2.40. The number of likely N-dealkylation sites (N-methyl/N-ethyl adjacent to an activating group) is 1. The van der Waals surface area contributed by atoms with Crippen LogP contribution in [0, 0.1) is 5.41 Å². The van der Waals surface area contributed by atoms with Gasteiger partial charge in [0.05, 0.1) is 0 Å². The van der Waals surface area contributed by atoms with E-state index < -0.39 is 0 Å². The molecule has 0 aliphatic carbocycles. The van der Waals surface area contributed by atoms with Gasteiger partial charge in [0.15, 0.2) is 5.96 Å². The van der Waals surface area contributed by atoms with Crippen molar-refractivity contribution in [3.63, 3.8) is 0 Å². The second kappa shape index (κ2) is 9.43. The predicted molar refractivity (Wildman–Crippen MR) is 117 cm³/mol. The van der Waals surface area contributed by atoms with Gasteiger partial charge in [-0.1, -0.05) is 18.2 Å². The Morgan fingerprint density at radius 2 is 2.15 bits per heavy atom. The van der Waals surface area contributed by atoms with Crippen LogP contribution in [0.4, 0.5) is 5.69 Å². The van der Waals surface area contributed by atoms with Gasteiger partial charge in [-0.25, -0.2) is 0 Å². The Balaban J connectivity index is 0.00000243. The number of anilines is 1. The van der Waals surface area contributed by atoms with Crippen LogP contribution in [0.3, 0.4) is 0 Å². The van der Waals surface area contributed by atoms with Crippen molar-refractivity contribution in [3.05, 3.63) is 30.3 Å². The molecule has 0 aromatic heterocycles. The molecule has 1 atom stereocenters. The highest BCUT2D eigenvalue weighted by molar-refractivity contribution is 14.0. The van der Waals surface area contributed by atoms with Gasteiger partial charge >= 0.3 is 0 Å². The van der Waals surface area contributed by atoms with Gasteiger partial charge in [0.2, 0.25) is 5.91 Å². The third kappa shape index (κ3) is 5.02. The Kier molecular flexibility index (Phi) is 7.55. The van der Waals surface area contributed by atoms with Gasteiger partial charge in [0, 0.05) is 64.3 Å². The summed E-state index contributed by atoms with van der Waals surface area (Å²) in [7, 11) is 3.94. The number of nitrogens with one attached hydrogen (secondary N) is 2. The number of likely N-dealkylation sites (tertiary alicyclic amines) is 1. The number of carbonyl (C=O) groups is 1. The van der Waals surface area contributed by atoms with Crippen molar-refractivity contribution in [3.8, 4) is 0 Å². The Labute approximate surface area is 173 Å². The molecule has 144 valence electrons. The fraction of sp³-hybridized carbons (Fsp3) is 0.579. The van der Waals surface area contributed by atoms with E-state index >= 15 is 0 Å². The number of nitrogens with zero attached hydrogens (tertiary/aromatic N) is 3. The molecule has 1 aromatic carbocycles. The van der Waals surface area contributed by atoms with E-state index in [-0.39, 0.29) is 35.3 Å². The van der Waals surface area contributed by atoms with Crippen molar-refractivity contribution >= 4 is 41.5 Å². The molecule has 7 heteroatoms. The molecule has 2 aliphatic rings.